The molecule has 0 heterocycles. The molecule has 21 heavy (non-hydrogen) atoms. The molecule has 0 aliphatic carbocycles. The molecular formula is C14H12ClFN2O3. The van der Waals surface area contributed by atoms with Crippen molar-refractivity contribution in [1.82, 2.24) is 0 Å². The van der Waals surface area contributed by atoms with Crippen molar-refractivity contribution in [2.75, 3.05) is 12.4 Å². The summed E-state index contributed by atoms with van der Waals surface area (Å²) in [4.78, 5) is 10.3. The van der Waals surface area contributed by atoms with Crippen molar-refractivity contribution in [3.63, 3.8) is 0 Å². The Hall–Kier alpha value is -2.34. The van der Waals surface area contributed by atoms with Gasteiger partial charge in [0.2, 0.25) is 0 Å². The fourth-order valence-corrected chi connectivity index (χ4v) is 2.00. The predicted octanol–water partition coefficient (Wildman–Crippen LogP) is 4.01. The van der Waals surface area contributed by atoms with E-state index in [-0.39, 0.29) is 12.2 Å². The predicted molar refractivity (Wildman–Crippen MR) is 78.4 cm³/mol. The molecule has 2 aromatic rings. The fraction of sp³-hybridized carbons (Fsp3) is 0.143. The third-order valence-corrected chi connectivity index (χ3v) is 3.24. The minimum Gasteiger partial charge on any atom is -0.494 e. The summed E-state index contributed by atoms with van der Waals surface area (Å²) in [7, 11) is 1.43. The number of methoxy groups -OCH3 is 1. The number of rotatable bonds is 5. The van der Waals surface area contributed by atoms with Gasteiger partial charge in [0.25, 0.3) is 5.69 Å². The maximum atomic E-state index is 13.1. The van der Waals surface area contributed by atoms with Crippen LogP contribution in [0.3, 0.4) is 0 Å². The van der Waals surface area contributed by atoms with Crippen LogP contribution in [0.2, 0.25) is 5.02 Å². The minimum absolute atomic E-state index is 0.0396. The largest absolute Gasteiger partial charge is 0.494 e. The zero-order valence-electron chi connectivity index (χ0n) is 11.1. The smallest absolute Gasteiger partial charge is 0.269 e. The molecule has 0 bridgehead atoms. The van der Waals surface area contributed by atoms with Crippen LogP contribution in [0, 0.1) is 15.9 Å². The van der Waals surface area contributed by atoms with E-state index in [0.717, 1.165) is 0 Å². The number of nitro benzene ring substituents is 1. The van der Waals surface area contributed by atoms with Crippen molar-refractivity contribution in [3.8, 4) is 5.75 Å². The van der Waals surface area contributed by atoms with Crippen molar-refractivity contribution in [2.24, 2.45) is 0 Å². The molecule has 0 aliphatic rings. The van der Waals surface area contributed by atoms with E-state index in [0.29, 0.717) is 22.0 Å². The summed E-state index contributed by atoms with van der Waals surface area (Å²) in [6.07, 6.45) is 0. The highest BCUT2D eigenvalue weighted by Gasteiger charge is 2.11. The topological polar surface area (TPSA) is 64.4 Å². The van der Waals surface area contributed by atoms with Crippen LogP contribution in [0.4, 0.5) is 15.8 Å². The summed E-state index contributed by atoms with van der Waals surface area (Å²) in [5.74, 6) is -0.0673. The average Bonchev–Trinajstić information content (AvgIpc) is 2.47. The molecule has 2 rings (SSSR count). The number of benzene rings is 2. The third-order valence-electron chi connectivity index (χ3n) is 2.87. The molecule has 0 aliphatic heterocycles. The second kappa shape index (κ2) is 6.41. The molecule has 0 atom stereocenters. The van der Waals surface area contributed by atoms with Gasteiger partial charge in [0.1, 0.15) is 11.6 Å². The summed E-state index contributed by atoms with van der Waals surface area (Å²) in [5.41, 5.74) is 1.10. The highest BCUT2D eigenvalue weighted by Crippen LogP contribution is 2.27. The summed E-state index contributed by atoms with van der Waals surface area (Å²) in [6.45, 7) is 0.252. The molecule has 110 valence electrons. The number of hydrogen-bond acceptors (Lipinski definition) is 4. The molecule has 0 unspecified atom stereocenters. The lowest BCUT2D eigenvalue weighted by Gasteiger charge is -2.12. The van der Waals surface area contributed by atoms with Crippen molar-refractivity contribution >= 4 is 23.0 Å². The van der Waals surface area contributed by atoms with Crippen LogP contribution >= 0.6 is 11.6 Å². The molecule has 0 saturated heterocycles. The van der Waals surface area contributed by atoms with Crippen LogP contribution in [-0.2, 0) is 6.54 Å². The maximum absolute atomic E-state index is 13.1. The van der Waals surface area contributed by atoms with Gasteiger partial charge in [0, 0.05) is 29.8 Å². The Bertz CT molecular complexity index is 679. The molecule has 5 nitrogen and oxygen atoms in total. The van der Waals surface area contributed by atoms with Gasteiger partial charge in [0.15, 0.2) is 0 Å². The molecule has 0 fully saturated rings. The van der Waals surface area contributed by atoms with E-state index in [2.05, 4.69) is 5.32 Å². The first-order valence-corrected chi connectivity index (χ1v) is 6.39. The Balaban J connectivity index is 2.20. The van der Waals surface area contributed by atoms with E-state index in [1.165, 1.54) is 43.5 Å². The van der Waals surface area contributed by atoms with Crippen molar-refractivity contribution in [2.45, 2.75) is 6.54 Å². The second-order valence-electron chi connectivity index (χ2n) is 4.23. The lowest BCUT2D eigenvalue weighted by atomic mass is 10.2. The lowest BCUT2D eigenvalue weighted by Crippen LogP contribution is -2.03. The molecule has 1 N–H and O–H groups in total. The number of hydrogen-bond donors (Lipinski definition) is 1. The van der Waals surface area contributed by atoms with Gasteiger partial charge in [-0.25, -0.2) is 4.39 Å². The van der Waals surface area contributed by atoms with Crippen LogP contribution in [-0.4, -0.2) is 12.0 Å². The first-order valence-electron chi connectivity index (χ1n) is 6.01. The number of non-ortho nitro benzene ring substituents is 1. The van der Waals surface area contributed by atoms with E-state index in [1.54, 1.807) is 0 Å². The Morgan fingerprint density at radius 2 is 2.10 bits per heavy atom. The quantitative estimate of drug-likeness (QED) is 0.669. The van der Waals surface area contributed by atoms with Crippen LogP contribution in [0.5, 0.6) is 5.75 Å². The van der Waals surface area contributed by atoms with E-state index in [9.17, 15) is 14.5 Å². The SMILES string of the molecule is COc1cc(F)ccc1NCc1cc([N+](=O)[O-])ccc1Cl. The third kappa shape index (κ3) is 3.61. The summed E-state index contributed by atoms with van der Waals surface area (Å²) < 4.78 is 18.2. The molecule has 0 amide bonds. The zero-order valence-corrected chi connectivity index (χ0v) is 11.9. The number of nitrogens with one attached hydrogen (secondary N) is 1. The van der Waals surface area contributed by atoms with Crippen molar-refractivity contribution in [1.29, 1.82) is 0 Å². The van der Waals surface area contributed by atoms with Gasteiger partial charge in [-0.05, 0) is 23.8 Å². The number of nitro groups is 1. The van der Waals surface area contributed by atoms with Crippen LogP contribution < -0.4 is 10.1 Å². The number of nitrogens with zero attached hydrogens (tertiary/aromatic N) is 1. The van der Waals surface area contributed by atoms with Crippen molar-refractivity contribution in [3.05, 3.63) is 62.9 Å². The molecule has 0 radical (unpaired) electrons. The summed E-state index contributed by atoms with van der Waals surface area (Å²) in [6, 6.07) is 8.27. The van der Waals surface area contributed by atoms with E-state index in [4.69, 9.17) is 16.3 Å². The molecule has 0 aromatic heterocycles. The monoisotopic (exact) mass is 310 g/mol. The van der Waals surface area contributed by atoms with Gasteiger partial charge in [-0.15, -0.1) is 0 Å². The van der Waals surface area contributed by atoms with Crippen molar-refractivity contribution < 1.29 is 14.1 Å². The Morgan fingerprint density at radius 1 is 1.33 bits per heavy atom. The normalized spacial score (nSPS) is 10.2. The number of halogens is 2. The number of anilines is 1. The molecular weight excluding hydrogens is 299 g/mol. The van der Waals surface area contributed by atoms with E-state index >= 15 is 0 Å². The lowest BCUT2D eigenvalue weighted by molar-refractivity contribution is -0.384. The van der Waals surface area contributed by atoms with E-state index < -0.39 is 10.7 Å². The van der Waals surface area contributed by atoms with Crippen LogP contribution in [0.25, 0.3) is 0 Å². The first kappa shape index (κ1) is 15.1. The van der Waals surface area contributed by atoms with Crippen LogP contribution in [0.15, 0.2) is 36.4 Å². The van der Waals surface area contributed by atoms with Gasteiger partial charge in [-0.3, -0.25) is 10.1 Å². The Labute approximate surface area is 125 Å². The Morgan fingerprint density at radius 3 is 2.76 bits per heavy atom. The van der Waals surface area contributed by atoms with E-state index in [1.807, 2.05) is 0 Å². The molecule has 0 spiro atoms. The van der Waals surface area contributed by atoms with Gasteiger partial charge in [0.05, 0.1) is 17.7 Å². The summed E-state index contributed by atoms with van der Waals surface area (Å²) >= 11 is 6.01. The van der Waals surface area contributed by atoms with Gasteiger partial charge >= 0.3 is 0 Å². The Kier molecular flexibility index (Phi) is 4.59. The highest BCUT2D eigenvalue weighted by molar-refractivity contribution is 6.31. The summed E-state index contributed by atoms with van der Waals surface area (Å²) in [5, 5.41) is 14.2. The van der Waals surface area contributed by atoms with Crippen LogP contribution in [0.1, 0.15) is 5.56 Å². The molecule has 7 heteroatoms. The van der Waals surface area contributed by atoms with Gasteiger partial charge in [-0.2, -0.15) is 0 Å². The fourth-order valence-electron chi connectivity index (χ4n) is 1.81. The van der Waals surface area contributed by atoms with Gasteiger partial charge in [-0.1, -0.05) is 11.6 Å². The maximum Gasteiger partial charge on any atom is 0.269 e. The molecule has 0 saturated carbocycles. The second-order valence-corrected chi connectivity index (χ2v) is 4.64. The van der Waals surface area contributed by atoms with Gasteiger partial charge < -0.3 is 10.1 Å². The first-order chi connectivity index (χ1) is 10.0. The standard InChI is InChI=1S/C14H12ClFN2O3/c1-21-14-7-10(16)2-5-13(14)17-8-9-6-11(18(19)20)3-4-12(9)15/h2-7,17H,8H2,1H3. The molecule has 2 aromatic carbocycles. The highest BCUT2D eigenvalue weighted by atomic mass is 35.5. The number of ether oxygens (including phenoxy) is 1. The average molecular weight is 311 g/mol. The minimum atomic E-state index is -0.488. The zero-order chi connectivity index (χ0) is 15.4.